The molecule has 0 bridgehead atoms. The van der Waals surface area contributed by atoms with Crippen molar-refractivity contribution in [2.75, 3.05) is 79.7 Å². The number of piperazine rings is 1. The second-order valence-corrected chi connectivity index (χ2v) is 9.57. The van der Waals surface area contributed by atoms with Gasteiger partial charge in [0, 0.05) is 39.1 Å². The zero-order valence-corrected chi connectivity index (χ0v) is 22.4. The topological polar surface area (TPSA) is 80.8 Å². The number of carbonyl (C=O) groups excluding carboxylic acids is 2. The SMILES string of the molecule is CCCC(=O)OCC(C)OCC(C)OCC(C)OC(=O)CCN(C)CCCN1CCN(C)CC1. The molecule has 0 aliphatic carbocycles. The molecule has 200 valence electrons. The predicted octanol–water partition coefficient (Wildman–Crippen LogP) is 2.03. The van der Waals surface area contributed by atoms with Crippen molar-refractivity contribution in [1.29, 1.82) is 0 Å². The first-order valence-electron chi connectivity index (χ1n) is 12.9. The second kappa shape index (κ2) is 18.1. The van der Waals surface area contributed by atoms with Gasteiger partial charge in [-0.15, -0.1) is 0 Å². The van der Waals surface area contributed by atoms with Crippen molar-refractivity contribution in [1.82, 2.24) is 14.7 Å². The summed E-state index contributed by atoms with van der Waals surface area (Å²) in [6, 6.07) is 0. The third-order valence-electron chi connectivity index (χ3n) is 5.80. The molecule has 0 aromatic carbocycles. The molecule has 1 rings (SSSR count). The number of hydrogen-bond donors (Lipinski definition) is 0. The quantitative estimate of drug-likeness (QED) is 0.270. The van der Waals surface area contributed by atoms with Gasteiger partial charge in [-0.2, -0.15) is 0 Å². The molecule has 1 saturated heterocycles. The zero-order chi connectivity index (χ0) is 25.3. The van der Waals surface area contributed by atoms with Crippen LogP contribution in [-0.2, 0) is 28.5 Å². The van der Waals surface area contributed by atoms with E-state index in [0.717, 1.165) is 52.1 Å². The van der Waals surface area contributed by atoms with Gasteiger partial charge in [0.05, 0.1) is 31.8 Å². The van der Waals surface area contributed by atoms with Crippen molar-refractivity contribution in [2.24, 2.45) is 0 Å². The molecular weight excluding hydrogens is 438 g/mol. The molecule has 9 heteroatoms. The van der Waals surface area contributed by atoms with E-state index < -0.39 is 0 Å². The summed E-state index contributed by atoms with van der Waals surface area (Å²) in [5, 5.41) is 0. The fraction of sp³-hybridized carbons (Fsp3) is 0.920. The lowest BCUT2D eigenvalue weighted by atomic mass is 10.3. The highest BCUT2D eigenvalue weighted by Crippen LogP contribution is 2.04. The second-order valence-electron chi connectivity index (χ2n) is 9.57. The van der Waals surface area contributed by atoms with Gasteiger partial charge < -0.3 is 33.6 Å². The summed E-state index contributed by atoms with van der Waals surface area (Å²) in [6.07, 6.45) is 2.03. The number of esters is 2. The Balaban J connectivity index is 2.05. The third kappa shape index (κ3) is 15.6. The van der Waals surface area contributed by atoms with Crippen LogP contribution in [0.3, 0.4) is 0 Å². The molecule has 0 saturated carbocycles. The van der Waals surface area contributed by atoms with Crippen LogP contribution in [0.1, 0.15) is 53.4 Å². The predicted molar refractivity (Wildman–Crippen MR) is 133 cm³/mol. The third-order valence-corrected chi connectivity index (χ3v) is 5.80. The minimum Gasteiger partial charge on any atom is -0.463 e. The van der Waals surface area contributed by atoms with Gasteiger partial charge in [-0.1, -0.05) is 6.92 Å². The van der Waals surface area contributed by atoms with Crippen LogP contribution >= 0.6 is 0 Å². The Morgan fingerprint density at radius 1 is 0.853 bits per heavy atom. The van der Waals surface area contributed by atoms with Gasteiger partial charge in [0.25, 0.3) is 0 Å². The Hall–Kier alpha value is -1.26. The summed E-state index contributed by atoms with van der Waals surface area (Å²) in [4.78, 5) is 30.6. The van der Waals surface area contributed by atoms with E-state index in [1.54, 1.807) is 0 Å². The Kier molecular flexibility index (Phi) is 16.4. The van der Waals surface area contributed by atoms with Gasteiger partial charge >= 0.3 is 11.9 Å². The lowest BCUT2D eigenvalue weighted by molar-refractivity contribution is -0.154. The van der Waals surface area contributed by atoms with Gasteiger partial charge in [-0.05, 0) is 60.8 Å². The summed E-state index contributed by atoms with van der Waals surface area (Å²) >= 11 is 0. The average Bonchev–Trinajstić information content (AvgIpc) is 2.80. The molecule has 1 heterocycles. The van der Waals surface area contributed by atoms with Crippen LogP contribution in [0, 0.1) is 0 Å². The summed E-state index contributed by atoms with van der Waals surface area (Å²) in [7, 11) is 4.22. The van der Waals surface area contributed by atoms with E-state index >= 15 is 0 Å². The van der Waals surface area contributed by atoms with Crippen LogP contribution in [0.5, 0.6) is 0 Å². The van der Waals surface area contributed by atoms with Crippen molar-refractivity contribution in [3.05, 3.63) is 0 Å². The van der Waals surface area contributed by atoms with E-state index in [2.05, 4.69) is 28.8 Å². The lowest BCUT2D eigenvalue weighted by Gasteiger charge is -2.32. The van der Waals surface area contributed by atoms with Crippen LogP contribution in [0.2, 0.25) is 0 Å². The van der Waals surface area contributed by atoms with Gasteiger partial charge in [-0.25, -0.2) is 0 Å². The maximum atomic E-state index is 12.2. The van der Waals surface area contributed by atoms with E-state index in [0.29, 0.717) is 32.6 Å². The first-order chi connectivity index (χ1) is 16.2. The van der Waals surface area contributed by atoms with Gasteiger partial charge in [-0.3, -0.25) is 9.59 Å². The highest BCUT2D eigenvalue weighted by atomic mass is 16.6. The molecule has 1 fully saturated rings. The molecule has 0 radical (unpaired) electrons. The van der Waals surface area contributed by atoms with Crippen LogP contribution in [-0.4, -0.2) is 125 Å². The monoisotopic (exact) mass is 487 g/mol. The van der Waals surface area contributed by atoms with Crippen molar-refractivity contribution in [3.63, 3.8) is 0 Å². The number of nitrogens with zero attached hydrogens (tertiary/aromatic N) is 3. The van der Waals surface area contributed by atoms with Gasteiger partial charge in [0.2, 0.25) is 0 Å². The molecular formula is C25H49N3O6. The molecule has 0 spiro atoms. The highest BCUT2D eigenvalue weighted by molar-refractivity contribution is 5.69. The lowest BCUT2D eigenvalue weighted by Crippen LogP contribution is -2.45. The van der Waals surface area contributed by atoms with E-state index in [1.165, 1.54) is 0 Å². The minimum absolute atomic E-state index is 0.151. The fourth-order valence-corrected chi connectivity index (χ4v) is 3.53. The number of rotatable bonds is 18. The number of hydrogen-bond acceptors (Lipinski definition) is 9. The first kappa shape index (κ1) is 30.8. The standard InChI is InChI=1S/C25H49N3O6/c1-7-9-24(29)33-19-22(3)31-18-21(2)32-20-23(4)34-25(30)10-13-26(5)11-8-12-28-16-14-27(6)15-17-28/h21-23H,7-20H2,1-6H3. The summed E-state index contributed by atoms with van der Waals surface area (Å²) in [5.41, 5.74) is 0. The van der Waals surface area contributed by atoms with Gasteiger partial charge in [0.15, 0.2) is 0 Å². The van der Waals surface area contributed by atoms with Crippen LogP contribution in [0.25, 0.3) is 0 Å². The summed E-state index contributed by atoms with van der Waals surface area (Å²) in [5.74, 6) is -0.400. The summed E-state index contributed by atoms with van der Waals surface area (Å²) < 4.78 is 22.0. The molecule has 0 N–H and O–H groups in total. The maximum absolute atomic E-state index is 12.2. The Bertz CT molecular complexity index is 557. The highest BCUT2D eigenvalue weighted by Gasteiger charge is 2.15. The Morgan fingerprint density at radius 2 is 1.47 bits per heavy atom. The average molecular weight is 488 g/mol. The largest absolute Gasteiger partial charge is 0.463 e. The number of ether oxygens (including phenoxy) is 4. The smallest absolute Gasteiger partial charge is 0.307 e. The normalized spacial score (nSPS) is 18.0. The fourth-order valence-electron chi connectivity index (χ4n) is 3.53. The van der Waals surface area contributed by atoms with E-state index in [1.807, 2.05) is 27.7 Å². The van der Waals surface area contributed by atoms with Crippen molar-refractivity contribution in [2.45, 2.75) is 71.7 Å². The molecule has 0 aromatic heterocycles. The molecule has 34 heavy (non-hydrogen) atoms. The van der Waals surface area contributed by atoms with Crippen LogP contribution in [0.15, 0.2) is 0 Å². The maximum Gasteiger partial charge on any atom is 0.307 e. The minimum atomic E-state index is -0.315. The van der Waals surface area contributed by atoms with Crippen LogP contribution < -0.4 is 0 Å². The van der Waals surface area contributed by atoms with Crippen molar-refractivity contribution >= 4 is 11.9 Å². The molecule has 0 aromatic rings. The number of likely N-dealkylation sites (N-methyl/N-ethyl adjacent to an activating group) is 1. The van der Waals surface area contributed by atoms with E-state index in [4.69, 9.17) is 18.9 Å². The van der Waals surface area contributed by atoms with Crippen molar-refractivity contribution in [3.8, 4) is 0 Å². The molecule has 0 amide bonds. The van der Waals surface area contributed by atoms with E-state index in [9.17, 15) is 9.59 Å². The first-order valence-corrected chi connectivity index (χ1v) is 12.9. The Morgan fingerprint density at radius 3 is 2.12 bits per heavy atom. The molecule has 3 unspecified atom stereocenters. The van der Waals surface area contributed by atoms with Gasteiger partial charge in [0.1, 0.15) is 12.7 Å². The number of carbonyl (C=O) groups is 2. The van der Waals surface area contributed by atoms with Crippen LogP contribution in [0.4, 0.5) is 0 Å². The molecule has 3 atom stereocenters. The zero-order valence-electron chi connectivity index (χ0n) is 22.4. The molecule has 1 aliphatic heterocycles. The molecule has 9 nitrogen and oxygen atoms in total. The Labute approximate surface area is 207 Å². The summed E-state index contributed by atoms with van der Waals surface area (Å²) in [6.45, 7) is 15.8. The van der Waals surface area contributed by atoms with E-state index in [-0.39, 0.29) is 36.9 Å². The molecule has 1 aliphatic rings. The van der Waals surface area contributed by atoms with Crippen molar-refractivity contribution < 1.29 is 28.5 Å².